The second-order valence-electron chi connectivity index (χ2n) is 3.62. The van der Waals surface area contributed by atoms with Gasteiger partial charge in [0.1, 0.15) is 9.84 Å². The fraction of sp³-hybridized carbons (Fsp3) is 0.889. The van der Waals surface area contributed by atoms with Crippen molar-refractivity contribution in [3.63, 3.8) is 0 Å². The van der Waals surface area contributed by atoms with Crippen LogP contribution in [0.1, 0.15) is 13.3 Å². The monoisotopic (exact) mass is 236 g/mol. The zero-order valence-corrected chi connectivity index (χ0v) is 10.4. The van der Waals surface area contributed by atoms with Gasteiger partial charge in [0.15, 0.2) is 0 Å². The van der Waals surface area contributed by atoms with Crippen molar-refractivity contribution in [2.75, 3.05) is 38.7 Å². The van der Waals surface area contributed by atoms with Crippen molar-refractivity contribution < 1.29 is 13.2 Å². The summed E-state index contributed by atoms with van der Waals surface area (Å²) in [7, 11) is -1.38. The average Bonchev–Trinajstić information content (AvgIpc) is 2.13. The van der Waals surface area contributed by atoms with E-state index in [-0.39, 0.29) is 24.7 Å². The van der Waals surface area contributed by atoms with Crippen LogP contribution in [0, 0.1) is 0 Å². The number of carbonyl (C=O) groups is 1. The summed E-state index contributed by atoms with van der Waals surface area (Å²) >= 11 is 0. The smallest absolute Gasteiger partial charge is 0.236 e. The third-order valence-electron chi connectivity index (χ3n) is 1.93. The SMILES string of the molecule is CCCNCC(=O)N(C)CCS(C)(=O)=O. The molecule has 0 saturated carbocycles. The van der Waals surface area contributed by atoms with Gasteiger partial charge in [0.2, 0.25) is 5.91 Å². The fourth-order valence-corrected chi connectivity index (χ4v) is 1.54. The van der Waals surface area contributed by atoms with E-state index in [1.165, 1.54) is 11.2 Å². The van der Waals surface area contributed by atoms with Crippen LogP contribution in [0.3, 0.4) is 0 Å². The van der Waals surface area contributed by atoms with Crippen molar-refractivity contribution in [2.24, 2.45) is 0 Å². The number of nitrogens with zero attached hydrogens (tertiary/aromatic N) is 1. The number of carbonyl (C=O) groups excluding carboxylic acids is 1. The Kier molecular flexibility index (Phi) is 6.51. The number of rotatable bonds is 7. The van der Waals surface area contributed by atoms with Crippen LogP contribution < -0.4 is 5.32 Å². The molecule has 5 nitrogen and oxygen atoms in total. The van der Waals surface area contributed by atoms with Crippen LogP contribution >= 0.6 is 0 Å². The Labute approximate surface area is 91.8 Å². The molecule has 0 aliphatic heterocycles. The van der Waals surface area contributed by atoms with E-state index in [9.17, 15) is 13.2 Å². The highest BCUT2D eigenvalue weighted by Crippen LogP contribution is 1.88. The first-order valence-corrected chi connectivity index (χ1v) is 7.05. The van der Waals surface area contributed by atoms with Crippen molar-refractivity contribution in [2.45, 2.75) is 13.3 Å². The highest BCUT2D eigenvalue weighted by atomic mass is 32.2. The predicted octanol–water partition coefficient (Wildman–Crippen LogP) is -0.511. The number of hydrogen-bond acceptors (Lipinski definition) is 4. The average molecular weight is 236 g/mol. The lowest BCUT2D eigenvalue weighted by Gasteiger charge is -2.16. The van der Waals surface area contributed by atoms with Gasteiger partial charge in [-0.3, -0.25) is 4.79 Å². The number of amides is 1. The van der Waals surface area contributed by atoms with Gasteiger partial charge in [-0.05, 0) is 13.0 Å². The summed E-state index contributed by atoms with van der Waals surface area (Å²) in [4.78, 5) is 12.8. The maximum Gasteiger partial charge on any atom is 0.236 e. The molecule has 0 aromatic rings. The van der Waals surface area contributed by atoms with Gasteiger partial charge in [-0.2, -0.15) is 0 Å². The molecule has 0 rings (SSSR count). The standard InChI is InChI=1S/C9H20N2O3S/c1-4-5-10-8-9(12)11(2)6-7-15(3,13)14/h10H,4-8H2,1-3H3. The predicted molar refractivity (Wildman–Crippen MR) is 60.5 cm³/mol. The highest BCUT2D eigenvalue weighted by molar-refractivity contribution is 7.90. The van der Waals surface area contributed by atoms with Gasteiger partial charge in [-0.1, -0.05) is 6.92 Å². The first-order valence-electron chi connectivity index (χ1n) is 4.99. The minimum Gasteiger partial charge on any atom is -0.344 e. The Morgan fingerprint density at radius 1 is 1.40 bits per heavy atom. The molecule has 0 fully saturated rings. The third-order valence-corrected chi connectivity index (χ3v) is 2.85. The van der Waals surface area contributed by atoms with Crippen molar-refractivity contribution >= 4 is 15.7 Å². The molecule has 6 heteroatoms. The Morgan fingerprint density at radius 2 is 2.00 bits per heavy atom. The van der Waals surface area contributed by atoms with Crippen molar-refractivity contribution in [1.29, 1.82) is 0 Å². The highest BCUT2D eigenvalue weighted by Gasteiger charge is 2.10. The lowest BCUT2D eigenvalue weighted by atomic mass is 10.4. The lowest BCUT2D eigenvalue weighted by Crippen LogP contribution is -2.38. The number of sulfone groups is 1. The Morgan fingerprint density at radius 3 is 2.47 bits per heavy atom. The maximum absolute atomic E-state index is 11.4. The summed E-state index contributed by atoms with van der Waals surface area (Å²) in [5.41, 5.74) is 0. The van der Waals surface area contributed by atoms with E-state index in [1.54, 1.807) is 7.05 Å². The summed E-state index contributed by atoms with van der Waals surface area (Å²) in [6.45, 7) is 3.34. The van der Waals surface area contributed by atoms with E-state index in [1.807, 2.05) is 6.92 Å². The number of hydrogen-bond donors (Lipinski definition) is 1. The van der Waals surface area contributed by atoms with E-state index < -0.39 is 9.84 Å². The summed E-state index contributed by atoms with van der Waals surface area (Å²) < 4.78 is 21.7. The minimum atomic E-state index is -2.99. The molecule has 1 amide bonds. The molecular formula is C9H20N2O3S. The summed E-state index contributed by atoms with van der Waals surface area (Å²) in [5, 5.41) is 2.97. The molecule has 0 aromatic carbocycles. The molecule has 0 aliphatic rings. The van der Waals surface area contributed by atoms with Crippen LogP contribution in [0.2, 0.25) is 0 Å². The summed E-state index contributed by atoms with van der Waals surface area (Å²) in [6, 6.07) is 0. The molecule has 0 radical (unpaired) electrons. The zero-order chi connectivity index (χ0) is 11.9. The van der Waals surface area contributed by atoms with Crippen molar-refractivity contribution in [3.8, 4) is 0 Å². The fourth-order valence-electron chi connectivity index (χ4n) is 0.935. The van der Waals surface area contributed by atoms with Gasteiger partial charge >= 0.3 is 0 Å². The molecular weight excluding hydrogens is 216 g/mol. The maximum atomic E-state index is 11.4. The van der Waals surface area contributed by atoms with Crippen LogP contribution in [-0.2, 0) is 14.6 Å². The molecule has 0 bridgehead atoms. The molecule has 1 N–H and O–H groups in total. The van der Waals surface area contributed by atoms with Crippen LogP contribution in [0.4, 0.5) is 0 Å². The van der Waals surface area contributed by atoms with Gasteiger partial charge in [0.05, 0.1) is 12.3 Å². The Hall–Kier alpha value is -0.620. The van der Waals surface area contributed by atoms with Gasteiger partial charge in [0, 0.05) is 19.8 Å². The third kappa shape index (κ3) is 8.38. The molecule has 0 heterocycles. The summed E-state index contributed by atoms with van der Waals surface area (Å²) in [5.74, 6) is -0.0599. The molecule has 15 heavy (non-hydrogen) atoms. The van der Waals surface area contributed by atoms with Crippen LogP contribution in [0.15, 0.2) is 0 Å². The van der Waals surface area contributed by atoms with Gasteiger partial charge in [0.25, 0.3) is 0 Å². The van der Waals surface area contributed by atoms with Gasteiger partial charge < -0.3 is 10.2 Å². The largest absolute Gasteiger partial charge is 0.344 e. The van der Waals surface area contributed by atoms with Crippen LogP contribution in [-0.4, -0.2) is 57.9 Å². The van der Waals surface area contributed by atoms with Crippen molar-refractivity contribution in [3.05, 3.63) is 0 Å². The topological polar surface area (TPSA) is 66.5 Å². The second kappa shape index (κ2) is 6.79. The van der Waals surface area contributed by atoms with Crippen molar-refractivity contribution in [1.82, 2.24) is 10.2 Å². The van der Waals surface area contributed by atoms with Gasteiger partial charge in [-0.15, -0.1) is 0 Å². The van der Waals surface area contributed by atoms with E-state index in [2.05, 4.69) is 5.32 Å². The summed E-state index contributed by atoms with van der Waals surface area (Å²) in [6.07, 6.45) is 2.14. The number of nitrogens with one attached hydrogen (secondary N) is 1. The lowest BCUT2D eigenvalue weighted by molar-refractivity contribution is -0.128. The van der Waals surface area contributed by atoms with Crippen LogP contribution in [0.25, 0.3) is 0 Å². The van der Waals surface area contributed by atoms with Gasteiger partial charge in [-0.25, -0.2) is 8.42 Å². The number of likely N-dealkylation sites (N-methyl/N-ethyl adjacent to an activating group) is 1. The molecule has 0 atom stereocenters. The van der Waals surface area contributed by atoms with E-state index in [4.69, 9.17) is 0 Å². The Balaban J connectivity index is 3.79. The molecule has 0 aromatic heterocycles. The minimum absolute atomic E-state index is 0.0169. The molecule has 90 valence electrons. The van der Waals surface area contributed by atoms with Crippen LogP contribution in [0.5, 0.6) is 0 Å². The quantitative estimate of drug-likeness (QED) is 0.605. The second-order valence-corrected chi connectivity index (χ2v) is 5.88. The first-order chi connectivity index (χ1) is 6.87. The first kappa shape index (κ1) is 14.4. The normalized spacial score (nSPS) is 11.4. The molecule has 0 spiro atoms. The Bertz CT molecular complexity index is 288. The molecule has 0 unspecified atom stereocenters. The van der Waals surface area contributed by atoms with E-state index in [0.717, 1.165) is 13.0 Å². The molecule has 0 aliphatic carbocycles. The zero-order valence-electron chi connectivity index (χ0n) is 9.62. The molecule has 0 saturated heterocycles. The van der Waals surface area contributed by atoms with E-state index >= 15 is 0 Å². The van der Waals surface area contributed by atoms with E-state index in [0.29, 0.717) is 0 Å².